The van der Waals surface area contributed by atoms with Crippen molar-refractivity contribution in [2.45, 2.75) is 25.7 Å². The fourth-order valence-electron chi connectivity index (χ4n) is 3.07. The number of nitrogens with zero attached hydrogens (tertiary/aromatic N) is 2. The van der Waals surface area contributed by atoms with Gasteiger partial charge in [-0.15, -0.1) is 0 Å². The van der Waals surface area contributed by atoms with Crippen molar-refractivity contribution >= 4 is 21.9 Å². The van der Waals surface area contributed by atoms with Gasteiger partial charge in [0.15, 0.2) is 0 Å². The van der Waals surface area contributed by atoms with Crippen LogP contribution in [0.2, 0.25) is 0 Å². The Morgan fingerprint density at radius 1 is 1.05 bits per heavy atom. The predicted molar refractivity (Wildman–Crippen MR) is 76.1 cm³/mol. The number of rotatable bonds is 3. The van der Waals surface area contributed by atoms with Gasteiger partial charge >= 0.3 is 5.97 Å². The summed E-state index contributed by atoms with van der Waals surface area (Å²) in [6, 6.07) is 0. The molecule has 0 aromatic carbocycles. The molecule has 2 rings (SSSR count). The quantitative estimate of drug-likeness (QED) is 0.789. The minimum atomic E-state index is -3.19. The molecule has 7 nitrogen and oxygen atoms in total. The number of piperidine rings is 2. The highest BCUT2D eigenvalue weighted by Gasteiger charge is 2.34. The van der Waals surface area contributed by atoms with Crippen LogP contribution in [0.15, 0.2) is 0 Å². The number of likely N-dealkylation sites (tertiary alicyclic amines) is 1. The third-order valence-corrected chi connectivity index (χ3v) is 5.66. The Balaban J connectivity index is 1.91. The van der Waals surface area contributed by atoms with Crippen LogP contribution in [0.4, 0.5) is 0 Å². The van der Waals surface area contributed by atoms with E-state index in [1.54, 1.807) is 4.90 Å². The van der Waals surface area contributed by atoms with Gasteiger partial charge < -0.3 is 10.0 Å². The summed E-state index contributed by atoms with van der Waals surface area (Å²) >= 11 is 0. The SMILES string of the molecule is CS(=O)(=O)N1CCC(C(=O)N2CCC[C@H](C(=O)O)C2)CC1. The van der Waals surface area contributed by atoms with Crippen LogP contribution in [0.3, 0.4) is 0 Å². The molecule has 2 aliphatic heterocycles. The van der Waals surface area contributed by atoms with Gasteiger partial charge in [-0.1, -0.05) is 0 Å². The zero-order chi connectivity index (χ0) is 15.6. The predicted octanol–water partition coefficient (Wildman–Crippen LogP) is -0.0188. The molecule has 0 unspecified atom stereocenters. The molecule has 0 saturated carbocycles. The van der Waals surface area contributed by atoms with E-state index in [-0.39, 0.29) is 18.4 Å². The van der Waals surface area contributed by atoms with Crippen LogP contribution in [0, 0.1) is 11.8 Å². The molecule has 21 heavy (non-hydrogen) atoms. The lowest BCUT2D eigenvalue weighted by molar-refractivity contribution is -0.147. The summed E-state index contributed by atoms with van der Waals surface area (Å²) in [5.41, 5.74) is 0. The topological polar surface area (TPSA) is 95.0 Å². The Bertz CT molecular complexity index is 511. The highest BCUT2D eigenvalue weighted by Crippen LogP contribution is 2.24. The van der Waals surface area contributed by atoms with Gasteiger partial charge in [-0.2, -0.15) is 0 Å². The second-order valence-corrected chi connectivity index (χ2v) is 7.88. The second-order valence-electron chi connectivity index (χ2n) is 5.90. The molecule has 120 valence electrons. The number of hydrogen-bond acceptors (Lipinski definition) is 4. The van der Waals surface area contributed by atoms with E-state index in [1.807, 2.05) is 0 Å². The average molecular weight is 318 g/mol. The zero-order valence-electron chi connectivity index (χ0n) is 12.2. The Labute approximate surface area is 125 Å². The van der Waals surface area contributed by atoms with E-state index in [9.17, 15) is 18.0 Å². The van der Waals surface area contributed by atoms with Gasteiger partial charge in [-0.3, -0.25) is 9.59 Å². The van der Waals surface area contributed by atoms with E-state index in [1.165, 1.54) is 10.6 Å². The first-order valence-corrected chi connectivity index (χ1v) is 9.10. The lowest BCUT2D eigenvalue weighted by atomic mass is 9.93. The fraction of sp³-hybridized carbons (Fsp3) is 0.846. The van der Waals surface area contributed by atoms with E-state index in [0.717, 1.165) is 0 Å². The van der Waals surface area contributed by atoms with Crippen LogP contribution in [0.5, 0.6) is 0 Å². The summed E-state index contributed by atoms with van der Waals surface area (Å²) in [6.45, 7) is 1.62. The molecule has 0 aromatic heterocycles. The molecule has 1 amide bonds. The molecule has 2 heterocycles. The summed E-state index contributed by atoms with van der Waals surface area (Å²) in [5.74, 6) is -1.53. The van der Waals surface area contributed by atoms with Crippen molar-refractivity contribution in [3.63, 3.8) is 0 Å². The Kier molecular flexibility index (Phi) is 4.88. The number of carbonyl (C=O) groups excluding carboxylic acids is 1. The maximum Gasteiger partial charge on any atom is 0.308 e. The monoisotopic (exact) mass is 318 g/mol. The van der Waals surface area contributed by atoms with Crippen LogP contribution in [-0.4, -0.2) is 67.0 Å². The summed E-state index contributed by atoms with van der Waals surface area (Å²) in [5, 5.41) is 9.06. The van der Waals surface area contributed by atoms with E-state index < -0.39 is 21.9 Å². The Morgan fingerprint density at radius 3 is 2.19 bits per heavy atom. The number of hydrogen-bond donors (Lipinski definition) is 1. The van der Waals surface area contributed by atoms with Gasteiger partial charge in [0.2, 0.25) is 15.9 Å². The van der Waals surface area contributed by atoms with Gasteiger partial charge in [0.25, 0.3) is 0 Å². The number of aliphatic carboxylic acids is 1. The molecule has 8 heteroatoms. The van der Waals surface area contributed by atoms with Crippen molar-refractivity contribution in [2.24, 2.45) is 11.8 Å². The van der Waals surface area contributed by atoms with Crippen molar-refractivity contribution in [1.82, 2.24) is 9.21 Å². The Morgan fingerprint density at radius 2 is 1.67 bits per heavy atom. The molecule has 1 atom stereocenters. The van der Waals surface area contributed by atoms with Crippen LogP contribution >= 0.6 is 0 Å². The highest BCUT2D eigenvalue weighted by molar-refractivity contribution is 7.88. The molecule has 0 bridgehead atoms. The molecule has 2 fully saturated rings. The van der Waals surface area contributed by atoms with Crippen LogP contribution in [0.1, 0.15) is 25.7 Å². The Hall–Kier alpha value is -1.15. The largest absolute Gasteiger partial charge is 0.481 e. The summed E-state index contributed by atoms with van der Waals surface area (Å²) in [7, 11) is -3.19. The molecule has 0 aliphatic carbocycles. The normalized spacial score (nSPS) is 25.8. The van der Waals surface area contributed by atoms with Gasteiger partial charge in [0, 0.05) is 32.1 Å². The molecule has 2 saturated heterocycles. The maximum absolute atomic E-state index is 12.4. The van der Waals surface area contributed by atoms with E-state index in [0.29, 0.717) is 45.3 Å². The number of carboxylic acid groups (broad SMARTS) is 1. The van der Waals surface area contributed by atoms with Crippen molar-refractivity contribution in [3.8, 4) is 0 Å². The van der Waals surface area contributed by atoms with Gasteiger partial charge in [-0.25, -0.2) is 12.7 Å². The van der Waals surface area contributed by atoms with Crippen LogP contribution in [0.25, 0.3) is 0 Å². The molecular weight excluding hydrogens is 296 g/mol. The number of amides is 1. The summed E-state index contributed by atoms with van der Waals surface area (Å²) in [4.78, 5) is 25.1. The van der Waals surface area contributed by atoms with Crippen LogP contribution < -0.4 is 0 Å². The zero-order valence-corrected chi connectivity index (χ0v) is 13.0. The summed E-state index contributed by atoms with van der Waals surface area (Å²) in [6.07, 6.45) is 3.54. The highest BCUT2D eigenvalue weighted by atomic mass is 32.2. The molecule has 0 radical (unpaired) electrons. The van der Waals surface area contributed by atoms with Gasteiger partial charge in [0.05, 0.1) is 12.2 Å². The number of carbonyl (C=O) groups is 2. The first-order valence-electron chi connectivity index (χ1n) is 7.25. The maximum atomic E-state index is 12.4. The number of carboxylic acids is 1. The van der Waals surface area contributed by atoms with E-state index >= 15 is 0 Å². The number of sulfonamides is 1. The van der Waals surface area contributed by atoms with E-state index in [2.05, 4.69) is 0 Å². The lowest BCUT2D eigenvalue weighted by Gasteiger charge is -2.36. The van der Waals surface area contributed by atoms with E-state index in [4.69, 9.17) is 5.11 Å². The third kappa shape index (κ3) is 3.94. The minimum absolute atomic E-state index is 0.0194. The molecule has 0 aromatic rings. The molecule has 2 aliphatic rings. The van der Waals surface area contributed by atoms with Crippen molar-refractivity contribution in [2.75, 3.05) is 32.4 Å². The third-order valence-electron chi connectivity index (χ3n) is 4.35. The van der Waals surface area contributed by atoms with Gasteiger partial charge in [-0.05, 0) is 25.7 Å². The average Bonchev–Trinajstić information content (AvgIpc) is 2.46. The first kappa shape index (κ1) is 16.2. The molecular formula is C13H22N2O5S. The van der Waals surface area contributed by atoms with Crippen LogP contribution in [-0.2, 0) is 19.6 Å². The van der Waals surface area contributed by atoms with Crippen molar-refractivity contribution < 1.29 is 23.1 Å². The van der Waals surface area contributed by atoms with Crippen molar-refractivity contribution in [1.29, 1.82) is 0 Å². The van der Waals surface area contributed by atoms with Crippen molar-refractivity contribution in [3.05, 3.63) is 0 Å². The summed E-state index contributed by atoms with van der Waals surface area (Å²) < 4.78 is 24.3. The molecule has 1 N–H and O–H groups in total. The smallest absolute Gasteiger partial charge is 0.308 e. The van der Waals surface area contributed by atoms with Gasteiger partial charge in [0.1, 0.15) is 0 Å². The fourth-order valence-corrected chi connectivity index (χ4v) is 3.95. The standard InChI is InChI=1S/C13H22N2O5S/c1-21(19,20)15-7-4-10(5-8-15)12(16)14-6-2-3-11(9-14)13(17)18/h10-11H,2-9H2,1H3,(H,17,18)/t11-/m0/s1. The lowest BCUT2D eigenvalue weighted by Crippen LogP contribution is -2.48. The first-order chi connectivity index (χ1) is 9.79. The molecule has 0 spiro atoms. The second kappa shape index (κ2) is 6.31. The minimum Gasteiger partial charge on any atom is -0.481 e.